The number of thiophene rings is 1. The third-order valence-corrected chi connectivity index (χ3v) is 9.25. The molecule has 3 aromatic carbocycles. The molecule has 2 saturated heterocycles. The minimum atomic E-state index is -0.852. The van der Waals surface area contributed by atoms with Crippen molar-refractivity contribution in [2.75, 3.05) is 19.6 Å². The minimum absolute atomic E-state index is 0.0751. The van der Waals surface area contributed by atoms with Gasteiger partial charge in [0.1, 0.15) is 18.0 Å². The Balaban J connectivity index is 1.36. The van der Waals surface area contributed by atoms with Crippen LogP contribution in [0.1, 0.15) is 16.7 Å². The van der Waals surface area contributed by atoms with Crippen molar-refractivity contribution in [3.63, 3.8) is 0 Å². The maximum absolute atomic E-state index is 14.2. The summed E-state index contributed by atoms with van der Waals surface area (Å²) < 4.78 is 1.06. The van der Waals surface area contributed by atoms with E-state index in [-0.39, 0.29) is 49.7 Å². The molecule has 0 bridgehead atoms. The van der Waals surface area contributed by atoms with E-state index >= 15 is 0 Å². The zero-order valence-electron chi connectivity index (χ0n) is 23.9. The van der Waals surface area contributed by atoms with Gasteiger partial charge in [0.05, 0.1) is 13.1 Å². The van der Waals surface area contributed by atoms with Crippen LogP contribution in [0.5, 0.6) is 5.75 Å². The molecular weight excluding hydrogens is 598 g/mol. The van der Waals surface area contributed by atoms with Gasteiger partial charge in [-0.3, -0.25) is 9.59 Å². The number of phenolic OH excluding ortho intramolecular Hbond substituents is 1. The zero-order valence-corrected chi connectivity index (χ0v) is 25.5. The van der Waals surface area contributed by atoms with Crippen molar-refractivity contribution in [2.45, 2.75) is 31.7 Å². The molecule has 2 fully saturated rings. The number of nitrogens with one attached hydrogen (secondary N) is 1. The number of carbonyl (C=O) groups is 3. The van der Waals surface area contributed by atoms with E-state index in [1.54, 1.807) is 61.5 Å². The number of hydrazine groups is 1. The number of carbonyl (C=O) groups excluding carboxylic acids is 3. The highest BCUT2D eigenvalue weighted by Crippen LogP contribution is 2.33. The van der Waals surface area contributed by atoms with Crippen molar-refractivity contribution >= 4 is 50.9 Å². The van der Waals surface area contributed by atoms with Crippen LogP contribution in [0.4, 0.5) is 4.79 Å². The van der Waals surface area contributed by atoms with Gasteiger partial charge in [0.15, 0.2) is 0 Å². The summed E-state index contributed by atoms with van der Waals surface area (Å²) in [6.07, 6.45) is 1.14. The van der Waals surface area contributed by atoms with Gasteiger partial charge >= 0.3 is 6.03 Å². The zero-order chi connectivity index (χ0) is 30.8. The fourth-order valence-electron chi connectivity index (χ4n) is 5.94. The van der Waals surface area contributed by atoms with Crippen molar-refractivity contribution in [1.82, 2.24) is 25.1 Å². The van der Waals surface area contributed by atoms with Crippen LogP contribution in [0.25, 0.3) is 10.1 Å². The Kier molecular flexibility index (Phi) is 8.56. The van der Waals surface area contributed by atoms with E-state index in [9.17, 15) is 19.5 Å². The Labute approximate surface area is 264 Å². The third kappa shape index (κ3) is 6.01. The first kappa shape index (κ1) is 29.7. The van der Waals surface area contributed by atoms with E-state index < -0.39 is 12.2 Å². The Hall–Kier alpha value is -4.38. The van der Waals surface area contributed by atoms with Crippen LogP contribution in [0.3, 0.4) is 0 Å². The van der Waals surface area contributed by atoms with Crippen molar-refractivity contribution < 1.29 is 19.5 Å². The summed E-state index contributed by atoms with van der Waals surface area (Å²) in [7, 11) is 0. The largest absolute Gasteiger partial charge is 0.508 e. The highest BCUT2D eigenvalue weighted by atomic mass is 35.5. The van der Waals surface area contributed by atoms with Gasteiger partial charge in [-0.25, -0.2) is 14.8 Å². The van der Waals surface area contributed by atoms with Gasteiger partial charge in [0.25, 0.3) is 0 Å². The summed E-state index contributed by atoms with van der Waals surface area (Å²) in [4.78, 5) is 45.2. The van der Waals surface area contributed by atoms with Crippen LogP contribution in [0.2, 0.25) is 5.02 Å². The van der Waals surface area contributed by atoms with Crippen LogP contribution in [0, 0.1) is 0 Å². The molecule has 226 valence electrons. The highest BCUT2D eigenvalue weighted by Gasteiger charge is 2.51. The standard InChI is InChI=1S/C33H32ClN5O4S/c1-2-14-37-20-31(41)38-28(15-22-8-11-26(40)12-9-22)32(42)36(18-24-21-44-29-13-10-25(34)16-27(24)29)19-30(38)39(37)33(43)35-17-23-6-4-3-5-7-23/h2-13,16,21,28,30,40H,1,14-15,17-20H2,(H,35,43)/t28-,30-/m0/s1. The van der Waals surface area contributed by atoms with Gasteiger partial charge < -0.3 is 20.2 Å². The molecule has 2 atom stereocenters. The summed E-state index contributed by atoms with van der Waals surface area (Å²) in [6, 6.07) is 20.7. The van der Waals surface area contributed by atoms with Gasteiger partial charge in [-0.05, 0) is 57.8 Å². The molecule has 0 saturated carbocycles. The lowest BCUT2D eigenvalue weighted by Crippen LogP contribution is -2.76. The summed E-state index contributed by atoms with van der Waals surface area (Å²) in [6.45, 7) is 4.77. The monoisotopic (exact) mass is 629 g/mol. The van der Waals surface area contributed by atoms with Gasteiger partial charge in [0, 0.05) is 35.8 Å². The number of amides is 4. The van der Waals surface area contributed by atoms with Gasteiger partial charge in [-0.2, -0.15) is 0 Å². The molecule has 3 heterocycles. The van der Waals surface area contributed by atoms with Crippen LogP contribution in [-0.4, -0.2) is 74.6 Å². The second kappa shape index (κ2) is 12.7. The normalized spacial score (nSPS) is 18.9. The Morgan fingerprint density at radius 1 is 1.07 bits per heavy atom. The number of benzene rings is 3. The molecule has 0 unspecified atom stereocenters. The van der Waals surface area contributed by atoms with Crippen molar-refractivity contribution in [3.05, 3.63) is 113 Å². The topological polar surface area (TPSA) is 96.4 Å². The van der Waals surface area contributed by atoms with E-state index in [4.69, 9.17) is 11.6 Å². The maximum atomic E-state index is 14.2. The third-order valence-electron chi connectivity index (χ3n) is 8.01. The summed E-state index contributed by atoms with van der Waals surface area (Å²) in [5, 5.41) is 19.7. The van der Waals surface area contributed by atoms with Crippen LogP contribution >= 0.6 is 22.9 Å². The Morgan fingerprint density at radius 2 is 1.84 bits per heavy atom. The number of aromatic hydroxyl groups is 1. The Morgan fingerprint density at radius 3 is 2.59 bits per heavy atom. The number of hydrogen-bond donors (Lipinski definition) is 2. The van der Waals surface area contributed by atoms with Crippen molar-refractivity contribution in [1.29, 1.82) is 0 Å². The van der Waals surface area contributed by atoms with E-state index in [1.807, 2.05) is 53.9 Å². The van der Waals surface area contributed by atoms with Crippen molar-refractivity contribution in [2.24, 2.45) is 0 Å². The number of fused-ring (bicyclic) bond motifs is 2. The number of hydrogen-bond acceptors (Lipinski definition) is 6. The van der Waals surface area contributed by atoms with E-state index in [2.05, 4.69) is 11.9 Å². The minimum Gasteiger partial charge on any atom is -0.508 e. The lowest BCUT2D eigenvalue weighted by molar-refractivity contribution is -0.189. The SMILES string of the molecule is C=CCN1CC(=O)N2[C@@H](Cc3ccc(O)cc3)C(=O)N(Cc3csc4ccc(Cl)cc34)C[C@@H]2N1C(=O)NCc1ccccc1. The average molecular weight is 630 g/mol. The number of rotatable bonds is 8. The first-order chi connectivity index (χ1) is 21.3. The first-order valence-corrected chi connectivity index (χ1v) is 15.6. The molecule has 1 aromatic heterocycles. The predicted octanol–water partition coefficient (Wildman–Crippen LogP) is 5.00. The maximum Gasteiger partial charge on any atom is 0.334 e. The highest BCUT2D eigenvalue weighted by molar-refractivity contribution is 7.17. The molecule has 0 aliphatic carbocycles. The fraction of sp³-hybridized carbons (Fsp3) is 0.242. The predicted molar refractivity (Wildman–Crippen MR) is 171 cm³/mol. The second-order valence-corrected chi connectivity index (χ2v) is 12.3. The number of urea groups is 1. The molecule has 2 N–H and O–H groups in total. The van der Waals surface area contributed by atoms with Crippen molar-refractivity contribution in [3.8, 4) is 5.75 Å². The number of nitrogens with zero attached hydrogens (tertiary/aromatic N) is 4. The molecule has 2 aliphatic heterocycles. The number of piperazine rings is 1. The second-order valence-electron chi connectivity index (χ2n) is 10.9. The summed E-state index contributed by atoms with van der Waals surface area (Å²) in [5.41, 5.74) is 2.67. The smallest absolute Gasteiger partial charge is 0.334 e. The van der Waals surface area contributed by atoms with Gasteiger partial charge in [0.2, 0.25) is 11.8 Å². The molecular formula is C33H32ClN5O4S. The fourth-order valence-corrected chi connectivity index (χ4v) is 7.04. The van der Waals surface area contributed by atoms with Crippen LogP contribution in [-0.2, 0) is 29.1 Å². The van der Waals surface area contributed by atoms with Crippen LogP contribution in [0.15, 0.2) is 90.8 Å². The van der Waals surface area contributed by atoms with E-state index in [1.165, 1.54) is 0 Å². The van der Waals surface area contributed by atoms with Crippen LogP contribution < -0.4 is 5.32 Å². The lowest BCUT2D eigenvalue weighted by Gasteiger charge is -2.55. The number of halogens is 1. The Bertz CT molecular complexity index is 1700. The van der Waals surface area contributed by atoms with E-state index in [0.29, 0.717) is 18.1 Å². The average Bonchev–Trinajstić information content (AvgIpc) is 3.41. The molecule has 4 aromatic rings. The molecule has 11 heteroatoms. The first-order valence-electron chi connectivity index (χ1n) is 14.3. The summed E-state index contributed by atoms with van der Waals surface area (Å²) in [5.74, 6) is -0.332. The molecule has 0 spiro atoms. The molecule has 6 rings (SSSR count). The molecule has 4 amide bonds. The summed E-state index contributed by atoms with van der Waals surface area (Å²) >= 11 is 7.90. The molecule has 0 radical (unpaired) electrons. The quantitative estimate of drug-likeness (QED) is 0.268. The van der Waals surface area contributed by atoms with Gasteiger partial charge in [-0.1, -0.05) is 60.1 Å². The lowest BCUT2D eigenvalue weighted by atomic mass is 9.98. The van der Waals surface area contributed by atoms with E-state index in [0.717, 1.165) is 26.8 Å². The molecule has 2 aliphatic rings. The number of phenols is 1. The molecule has 44 heavy (non-hydrogen) atoms. The molecule has 9 nitrogen and oxygen atoms in total. The van der Waals surface area contributed by atoms with Gasteiger partial charge in [-0.15, -0.1) is 17.9 Å².